The lowest BCUT2D eigenvalue weighted by atomic mass is 9.79. The van der Waals surface area contributed by atoms with Crippen molar-refractivity contribution in [1.82, 2.24) is 20.5 Å². The molecule has 0 unspecified atom stereocenters. The van der Waals surface area contributed by atoms with Crippen LogP contribution in [-0.2, 0) is 11.2 Å². The summed E-state index contributed by atoms with van der Waals surface area (Å²) in [4.78, 5) is 33.8. The third-order valence-electron chi connectivity index (χ3n) is 5.87. The van der Waals surface area contributed by atoms with Gasteiger partial charge in [-0.25, -0.2) is 9.78 Å². The Hall–Kier alpha value is -1.67. The standard InChI is InChI=1S/C22H37N5O2S/c1-6-7-10-26(17-13-21(2,3)25-22(4,5)14-17)18(28)12-16-15-30-20(24-16)27-11-8-9-23-19(27)29/h15,17,25H,6-14H2,1-5H3,(H,23,29). The fourth-order valence-corrected chi connectivity index (χ4v) is 5.75. The van der Waals surface area contributed by atoms with E-state index in [1.54, 1.807) is 4.90 Å². The van der Waals surface area contributed by atoms with Crippen molar-refractivity contribution < 1.29 is 9.59 Å². The Balaban J connectivity index is 1.72. The highest BCUT2D eigenvalue weighted by Gasteiger charge is 2.41. The van der Waals surface area contributed by atoms with Gasteiger partial charge in [0.2, 0.25) is 5.91 Å². The number of hydrogen-bond donors (Lipinski definition) is 2. The molecule has 2 aliphatic rings. The molecule has 0 bridgehead atoms. The van der Waals surface area contributed by atoms with Gasteiger partial charge < -0.3 is 15.5 Å². The van der Waals surface area contributed by atoms with Crippen molar-refractivity contribution >= 4 is 28.4 Å². The molecule has 30 heavy (non-hydrogen) atoms. The maximum absolute atomic E-state index is 13.4. The van der Waals surface area contributed by atoms with E-state index in [0.29, 0.717) is 24.6 Å². The van der Waals surface area contributed by atoms with Gasteiger partial charge in [0, 0.05) is 42.1 Å². The van der Waals surface area contributed by atoms with Crippen molar-refractivity contribution in [2.24, 2.45) is 0 Å². The molecular weight excluding hydrogens is 398 g/mol. The van der Waals surface area contributed by atoms with Crippen molar-refractivity contribution in [3.8, 4) is 0 Å². The Morgan fingerprint density at radius 1 is 1.30 bits per heavy atom. The first-order chi connectivity index (χ1) is 14.1. The number of aromatic nitrogens is 1. The molecule has 0 atom stereocenters. The number of nitrogens with one attached hydrogen (secondary N) is 2. The summed E-state index contributed by atoms with van der Waals surface area (Å²) in [6.45, 7) is 13.2. The third-order valence-corrected chi connectivity index (χ3v) is 6.78. The van der Waals surface area contributed by atoms with Gasteiger partial charge in [0.25, 0.3) is 0 Å². The smallest absolute Gasteiger partial charge is 0.323 e. The number of rotatable bonds is 7. The van der Waals surface area contributed by atoms with Gasteiger partial charge in [0.05, 0.1) is 12.1 Å². The molecule has 2 N–H and O–H groups in total. The van der Waals surface area contributed by atoms with E-state index in [0.717, 1.165) is 44.3 Å². The minimum absolute atomic E-state index is 0.00736. The Bertz CT molecular complexity index is 744. The number of hydrogen-bond acceptors (Lipinski definition) is 5. The van der Waals surface area contributed by atoms with Gasteiger partial charge in [-0.3, -0.25) is 9.69 Å². The van der Waals surface area contributed by atoms with E-state index in [1.165, 1.54) is 11.3 Å². The number of carbonyl (C=O) groups excluding carboxylic acids is 2. The normalized spacial score (nSPS) is 21.4. The summed E-state index contributed by atoms with van der Waals surface area (Å²) < 4.78 is 0. The fourth-order valence-electron chi connectivity index (χ4n) is 4.90. The molecule has 0 aliphatic carbocycles. The zero-order chi connectivity index (χ0) is 21.9. The van der Waals surface area contributed by atoms with E-state index in [-0.39, 0.29) is 29.1 Å². The lowest BCUT2D eigenvalue weighted by Crippen LogP contribution is -2.63. The van der Waals surface area contributed by atoms with Crippen LogP contribution in [0.3, 0.4) is 0 Å². The molecule has 1 aromatic rings. The van der Waals surface area contributed by atoms with Crippen molar-refractivity contribution in [3.05, 3.63) is 11.1 Å². The molecule has 1 aromatic heterocycles. The Kier molecular flexibility index (Phi) is 7.07. The minimum Gasteiger partial charge on any atom is -0.339 e. The molecule has 3 rings (SSSR count). The topological polar surface area (TPSA) is 77.6 Å². The zero-order valence-corrected chi connectivity index (χ0v) is 19.9. The molecular formula is C22H37N5O2S. The predicted molar refractivity (Wildman–Crippen MR) is 122 cm³/mol. The van der Waals surface area contributed by atoms with Crippen LogP contribution in [-0.4, -0.2) is 58.6 Å². The molecule has 3 heterocycles. The summed E-state index contributed by atoms with van der Waals surface area (Å²) in [7, 11) is 0. The first kappa shape index (κ1) is 23.0. The second kappa shape index (κ2) is 9.22. The summed E-state index contributed by atoms with van der Waals surface area (Å²) in [6, 6.07) is 0.124. The Morgan fingerprint density at radius 2 is 2.00 bits per heavy atom. The molecule has 0 radical (unpaired) electrons. The Labute approximate surface area is 184 Å². The van der Waals surface area contributed by atoms with E-state index in [1.807, 2.05) is 5.38 Å². The molecule has 0 aromatic carbocycles. The van der Waals surface area contributed by atoms with Gasteiger partial charge in [0.15, 0.2) is 5.13 Å². The van der Waals surface area contributed by atoms with Crippen LogP contribution < -0.4 is 15.5 Å². The lowest BCUT2D eigenvalue weighted by molar-refractivity contribution is -0.134. The number of piperidine rings is 1. The highest BCUT2D eigenvalue weighted by molar-refractivity contribution is 7.14. The second-order valence-corrected chi connectivity index (χ2v) is 10.8. The molecule has 2 fully saturated rings. The van der Waals surface area contributed by atoms with Gasteiger partial charge >= 0.3 is 6.03 Å². The molecule has 8 heteroatoms. The highest BCUT2D eigenvalue weighted by Crippen LogP contribution is 2.32. The van der Waals surface area contributed by atoms with Gasteiger partial charge in [-0.2, -0.15) is 0 Å². The molecule has 2 saturated heterocycles. The van der Waals surface area contributed by atoms with Gasteiger partial charge in [-0.15, -0.1) is 11.3 Å². The van der Waals surface area contributed by atoms with Gasteiger partial charge in [-0.05, 0) is 53.4 Å². The van der Waals surface area contributed by atoms with Gasteiger partial charge in [0.1, 0.15) is 0 Å². The van der Waals surface area contributed by atoms with Crippen molar-refractivity contribution in [2.75, 3.05) is 24.5 Å². The van der Waals surface area contributed by atoms with Crippen molar-refractivity contribution in [2.45, 2.75) is 90.3 Å². The summed E-state index contributed by atoms with van der Waals surface area (Å²) in [5.74, 6) is 0.141. The summed E-state index contributed by atoms with van der Waals surface area (Å²) in [5.41, 5.74) is 0.742. The van der Waals surface area contributed by atoms with E-state index in [9.17, 15) is 9.59 Å². The van der Waals surface area contributed by atoms with Crippen LogP contribution in [0.25, 0.3) is 0 Å². The molecule has 168 valence electrons. The zero-order valence-electron chi connectivity index (χ0n) is 19.1. The summed E-state index contributed by atoms with van der Waals surface area (Å²) in [6.07, 6.45) is 5.16. The van der Waals surface area contributed by atoms with Crippen LogP contribution in [0.2, 0.25) is 0 Å². The van der Waals surface area contributed by atoms with Crippen LogP contribution in [0.5, 0.6) is 0 Å². The quantitative estimate of drug-likeness (QED) is 0.687. The maximum Gasteiger partial charge on any atom is 0.323 e. The van der Waals surface area contributed by atoms with E-state index >= 15 is 0 Å². The van der Waals surface area contributed by atoms with E-state index in [2.05, 4.69) is 55.1 Å². The van der Waals surface area contributed by atoms with Crippen LogP contribution in [0.15, 0.2) is 5.38 Å². The number of urea groups is 1. The number of nitrogens with zero attached hydrogens (tertiary/aromatic N) is 3. The average Bonchev–Trinajstić information content (AvgIpc) is 3.08. The van der Waals surface area contributed by atoms with E-state index in [4.69, 9.17) is 0 Å². The first-order valence-corrected chi connectivity index (χ1v) is 12.1. The van der Waals surface area contributed by atoms with Crippen molar-refractivity contribution in [3.63, 3.8) is 0 Å². The first-order valence-electron chi connectivity index (χ1n) is 11.2. The van der Waals surface area contributed by atoms with Crippen LogP contribution in [0, 0.1) is 0 Å². The summed E-state index contributed by atoms with van der Waals surface area (Å²) in [5, 5.41) is 9.17. The number of anilines is 1. The Morgan fingerprint density at radius 3 is 2.63 bits per heavy atom. The van der Waals surface area contributed by atoms with E-state index < -0.39 is 0 Å². The van der Waals surface area contributed by atoms with Crippen molar-refractivity contribution in [1.29, 1.82) is 0 Å². The average molecular weight is 436 g/mol. The monoisotopic (exact) mass is 435 g/mol. The highest BCUT2D eigenvalue weighted by atomic mass is 32.1. The second-order valence-electron chi connectivity index (χ2n) is 9.93. The molecule has 7 nitrogen and oxygen atoms in total. The minimum atomic E-state index is -0.0998. The van der Waals surface area contributed by atoms with Crippen LogP contribution >= 0.6 is 11.3 Å². The summed E-state index contributed by atoms with van der Waals surface area (Å²) >= 11 is 1.44. The number of thiazole rings is 1. The number of amides is 3. The largest absolute Gasteiger partial charge is 0.339 e. The van der Waals surface area contributed by atoms with Crippen LogP contribution in [0.1, 0.15) is 72.4 Å². The number of carbonyl (C=O) groups is 2. The van der Waals surface area contributed by atoms with Crippen LogP contribution in [0.4, 0.5) is 9.93 Å². The van der Waals surface area contributed by atoms with Gasteiger partial charge in [-0.1, -0.05) is 13.3 Å². The molecule has 0 saturated carbocycles. The molecule has 2 aliphatic heterocycles. The molecule has 3 amide bonds. The fraction of sp³-hybridized carbons (Fsp3) is 0.773. The lowest BCUT2D eigenvalue weighted by Gasteiger charge is -2.49. The molecule has 0 spiro atoms. The maximum atomic E-state index is 13.4. The predicted octanol–water partition coefficient (Wildman–Crippen LogP) is 3.54. The third kappa shape index (κ3) is 5.72. The number of unbranched alkanes of at least 4 members (excludes halogenated alkanes) is 1. The SMILES string of the molecule is CCCCN(C(=O)Cc1csc(N2CCCNC2=O)n1)C1CC(C)(C)NC(C)(C)C1.